The van der Waals surface area contributed by atoms with Crippen LogP contribution in [0.15, 0.2) is 4.99 Å². The fourth-order valence-corrected chi connectivity index (χ4v) is 2.58. The van der Waals surface area contributed by atoms with Gasteiger partial charge >= 0.3 is 0 Å². The maximum absolute atomic E-state index is 4.43. The molecular weight excluding hydrogens is 168 g/mol. The Hall–Kier alpha value is -0.180. The summed E-state index contributed by atoms with van der Waals surface area (Å²) in [4.78, 5) is 4.43. The van der Waals surface area contributed by atoms with Gasteiger partial charge in [0.2, 0.25) is 0 Å². The van der Waals surface area contributed by atoms with E-state index in [-0.39, 0.29) is 0 Å². The summed E-state index contributed by atoms with van der Waals surface area (Å²) in [7, 11) is 0. The number of amidine groups is 1. The standard InChI is InChI=1S/C9H16N2S/c1-3-8(4-1)7-12-9-10-5-2-6-11-9/h8H,1-7H2,(H,10,11). The molecule has 1 N–H and O–H groups in total. The summed E-state index contributed by atoms with van der Waals surface area (Å²) in [5.41, 5.74) is 0. The van der Waals surface area contributed by atoms with Crippen LogP contribution in [-0.2, 0) is 0 Å². The zero-order valence-electron chi connectivity index (χ0n) is 7.38. The maximum atomic E-state index is 4.43. The number of nitrogens with one attached hydrogen (secondary N) is 1. The van der Waals surface area contributed by atoms with Crippen LogP contribution in [0.4, 0.5) is 0 Å². The molecule has 68 valence electrons. The molecule has 0 saturated heterocycles. The summed E-state index contributed by atoms with van der Waals surface area (Å²) in [5, 5.41) is 4.52. The van der Waals surface area contributed by atoms with E-state index in [9.17, 15) is 0 Å². The van der Waals surface area contributed by atoms with Gasteiger partial charge in [-0.2, -0.15) is 0 Å². The van der Waals surface area contributed by atoms with Crippen molar-refractivity contribution in [3.05, 3.63) is 0 Å². The summed E-state index contributed by atoms with van der Waals surface area (Å²) < 4.78 is 0. The van der Waals surface area contributed by atoms with Crippen LogP contribution in [0.1, 0.15) is 25.7 Å². The SMILES string of the molecule is C1CN=C(SCC2CCC2)NC1. The average Bonchev–Trinajstić information content (AvgIpc) is 2.04. The lowest BCUT2D eigenvalue weighted by atomic mass is 9.87. The highest BCUT2D eigenvalue weighted by molar-refractivity contribution is 8.13. The van der Waals surface area contributed by atoms with E-state index in [1.54, 1.807) is 0 Å². The molecule has 1 heterocycles. The van der Waals surface area contributed by atoms with E-state index in [0.717, 1.165) is 19.0 Å². The normalized spacial score (nSPS) is 24.2. The van der Waals surface area contributed by atoms with Crippen molar-refractivity contribution in [1.29, 1.82) is 0 Å². The van der Waals surface area contributed by atoms with Gasteiger partial charge in [0.1, 0.15) is 0 Å². The van der Waals surface area contributed by atoms with Crippen molar-refractivity contribution in [2.45, 2.75) is 25.7 Å². The molecule has 12 heavy (non-hydrogen) atoms. The van der Waals surface area contributed by atoms with E-state index in [4.69, 9.17) is 0 Å². The van der Waals surface area contributed by atoms with E-state index in [2.05, 4.69) is 10.3 Å². The van der Waals surface area contributed by atoms with Crippen molar-refractivity contribution in [1.82, 2.24) is 5.32 Å². The van der Waals surface area contributed by atoms with Crippen molar-refractivity contribution >= 4 is 16.9 Å². The molecule has 2 nitrogen and oxygen atoms in total. The highest BCUT2D eigenvalue weighted by atomic mass is 32.2. The van der Waals surface area contributed by atoms with Gasteiger partial charge in [0.05, 0.1) is 0 Å². The second-order valence-electron chi connectivity index (χ2n) is 3.58. The lowest BCUT2D eigenvalue weighted by molar-refractivity contribution is 0.353. The summed E-state index contributed by atoms with van der Waals surface area (Å²) in [6.45, 7) is 2.15. The quantitative estimate of drug-likeness (QED) is 0.708. The maximum Gasteiger partial charge on any atom is 0.156 e. The summed E-state index contributed by atoms with van der Waals surface area (Å²) >= 11 is 1.92. The van der Waals surface area contributed by atoms with Crippen molar-refractivity contribution in [3.63, 3.8) is 0 Å². The molecule has 0 aromatic carbocycles. The van der Waals surface area contributed by atoms with Crippen LogP contribution in [0.5, 0.6) is 0 Å². The van der Waals surface area contributed by atoms with Gasteiger partial charge in [-0.05, 0) is 25.2 Å². The Morgan fingerprint density at radius 1 is 1.42 bits per heavy atom. The number of nitrogens with zero attached hydrogens (tertiary/aromatic N) is 1. The molecule has 0 aromatic heterocycles. The smallest absolute Gasteiger partial charge is 0.156 e. The van der Waals surface area contributed by atoms with Crippen molar-refractivity contribution in [2.75, 3.05) is 18.8 Å². The average molecular weight is 184 g/mol. The Morgan fingerprint density at radius 3 is 2.92 bits per heavy atom. The summed E-state index contributed by atoms with van der Waals surface area (Å²) in [6, 6.07) is 0. The predicted molar refractivity (Wildman–Crippen MR) is 54.7 cm³/mol. The first-order valence-corrected chi connectivity index (χ1v) is 5.85. The van der Waals surface area contributed by atoms with Gasteiger partial charge in [0.25, 0.3) is 0 Å². The molecule has 2 aliphatic rings. The zero-order chi connectivity index (χ0) is 8.23. The van der Waals surface area contributed by atoms with Crippen LogP contribution >= 0.6 is 11.8 Å². The number of hydrogen-bond donors (Lipinski definition) is 1. The van der Waals surface area contributed by atoms with Crippen LogP contribution in [0.25, 0.3) is 0 Å². The molecule has 2 rings (SSSR count). The minimum atomic E-state index is 0.987. The van der Waals surface area contributed by atoms with E-state index in [1.165, 1.54) is 36.6 Å². The van der Waals surface area contributed by atoms with Gasteiger partial charge in [-0.25, -0.2) is 0 Å². The second kappa shape index (κ2) is 4.17. The van der Waals surface area contributed by atoms with Crippen LogP contribution in [0, 0.1) is 5.92 Å². The fraction of sp³-hybridized carbons (Fsp3) is 0.889. The van der Waals surface area contributed by atoms with E-state index < -0.39 is 0 Å². The van der Waals surface area contributed by atoms with Crippen LogP contribution in [0.2, 0.25) is 0 Å². The molecule has 1 fully saturated rings. The van der Waals surface area contributed by atoms with Gasteiger partial charge in [-0.3, -0.25) is 4.99 Å². The minimum Gasteiger partial charge on any atom is -0.365 e. The van der Waals surface area contributed by atoms with Crippen molar-refractivity contribution in [2.24, 2.45) is 10.9 Å². The largest absolute Gasteiger partial charge is 0.365 e. The first kappa shape index (κ1) is 8.42. The van der Waals surface area contributed by atoms with Crippen LogP contribution in [-0.4, -0.2) is 24.0 Å². The van der Waals surface area contributed by atoms with Gasteiger partial charge in [-0.15, -0.1) is 0 Å². The lowest BCUT2D eigenvalue weighted by Gasteiger charge is -2.25. The number of rotatable bonds is 2. The molecule has 1 aliphatic heterocycles. The monoisotopic (exact) mass is 184 g/mol. The summed E-state index contributed by atoms with van der Waals surface area (Å²) in [5.74, 6) is 2.27. The third-order valence-electron chi connectivity index (χ3n) is 2.55. The molecule has 1 aliphatic carbocycles. The van der Waals surface area contributed by atoms with E-state index in [1.807, 2.05) is 11.8 Å². The molecule has 3 heteroatoms. The highest BCUT2D eigenvalue weighted by Crippen LogP contribution is 2.29. The van der Waals surface area contributed by atoms with Gasteiger partial charge in [-0.1, -0.05) is 18.2 Å². The zero-order valence-corrected chi connectivity index (χ0v) is 8.20. The van der Waals surface area contributed by atoms with E-state index >= 15 is 0 Å². The van der Waals surface area contributed by atoms with Crippen LogP contribution < -0.4 is 5.32 Å². The van der Waals surface area contributed by atoms with Gasteiger partial charge < -0.3 is 5.32 Å². The molecule has 0 amide bonds. The van der Waals surface area contributed by atoms with Crippen molar-refractivity contribution in [3.8, 4) is 0 Å². The molecule has 0 atom stereocenters. The van der Waals surface area contributed by atoms with E-state index in [0.29, 0.717) is 0 Å². The predicted octanol–water partition coefficient (Wildman–Crippen LogP) is 1.87. The molecular formula is C9H16N2S. The number of aliphatic imine (C=N–C) groups is 1. The Balaban J connectivity index is 1.67. The highest BCUT2D eigenvalue weighted by Gasteiger charge is 2.18. The first-order valence-electron chi connectivity index (χ1n) is 4.86. The Labute approximate surface area is 78.2 Å². The fourth-order valence-electron chi connectivity index (χ4n) is 1.46. The Bertz CT molecular complexity index is 175. The second-order valence-corrected chi connectivity index (χ2v) is 4.58. The van der Waals surface area contributed by atoms with Gasteiger partial charge in [0.15, 0.2) is 5.17 Å². The molecule has 0 unspecified atom stereocenters. The molecule has 0 spiro atoms. The Kier molecular flexibility index (Phi) is 2.93. The Morgan fingerprint density at radius 2 is 2.33 bits per heavy atom. The topological polar surface area (TPSA) is 24.4 Å². The lowest BCUT2D eigenvalue weighted by Crippen LogP contribution is -2.28. The molecule has 0 aromatic rings. The third-order valence-corrected chi connectivity index (χ3v) is 3.73. The number of hydrogen-bond acceptors (Lipinski definition) is 3. The summed E-state index contributed by atoms with van der Waals surface area (Å²) in [6.07, 6.45) is 5.54. The number of thioether (sulfide) groups is 1. The minimum absolute atomic E-state index is 0.987. The van der Waals surface area contributed by atoms with Crippen molar-refractivity contribution < 1.29 is 0 Å². The third kappa shape index (κ3) is 2.16. The molecule has 1 saturated carbocycles. The molecule has 0 bridgehead atoms. The van der Waals surface area contributed by atoms with Crippen LogP contribution in [0.3, 0.4) is 0 Å². The molecule has 0 radical (unpaired) electrons. The van der Waals surface area contributed by atoms with Gasteiger partial charge in [0, 0.05) is 18.8 Å². The first-order chi connectivity index (χ1) is 5.95.